The molecule has 0 unspecified atom stereocenters. The first kappa shape index (κ1) is 12.1. The van der Waals surface area contributed by atoms with Crippen LogP contribution in [-0.2, 0) is 0 Å². The summed E-state index contributed by atoms with van der Waals surface area (Å²) >= 11 is 0. The van der Waals surface area contributed by atoms with Crippen molar-refractivity contribution in [3.8, 4) is 5.75 Å². The van der Waals surface area contributed by atoms with Gasteiger partial charge in [-0.1, -0.05) is 32.0 Å². The van der Waals surface area contributed by atoms with Gasteiger partial charge in [-0.3, -0.25) is 0 Å². The normalized spacial score (nSPS) is 15.3. The van der Waals surface area contributed by atoms with Crippen molar-refractivity contribution in [1.29, 1.82) is 0 Å². The van der Waals surface area contributed by atoms with Crippen molar-refractivity contribution in [2.45, 2.75) is 39.8 Å². The van der Waals surface area contributed by atoms with E-state index < -0.39 is 0 Å². The van der Waals surface area contributed by atoms with Gasteiger partial charge in [0, 0.05) is 17.6 Å². The lowest BCUT2D eigenvalue weighted by Crippen LogP contribution is -2.32. The number of benzene rings is 1. The second kappa shape index (κ2) is 5.17. The van der Waals surface area contributed by atoms with Crippen LogP contribution in [0.5, 0.6) is 5.75 Å². The molecule has 2 N–H and O–H groups in total. The predicted molar refractivity (Wildman–Crippen MR) is 64.0 cm³/mol. The van der Waals surface area contributed by atoms with Gasteiger partial charge in [0.05, 0.1) is 0 Å². The van der Waals surface area contributed by atoms with Gasteiger partial charge in [-0.25, -0.2) is 0 Å². The van der Waals surface area contributed by atoms with Crippen LogP contribution in [0.4, 0.5) is 0 Å². The zero-order valence-electron chi connectivity index (χ0n) is 9.99. The molecule has 0 saturated carbocycles. The summed E-state index contributed by atoms with van der Waals surface area (Å²) in [6, 6.07) is 8.11. The van der Waals surface area contributed by atoms with E-state index >= 15 is 0 Å². The number of rotatable bonds is 4. The van der Waals surface area contributed by atoms with Crippen molar-refractivity contribution in [1.82, 2.24) is 5.32 Å². The molecule has 0 aromatic heterocycles. The van der Waals surface area contributed by atoms with E-state index in [1.54, 1.807) is 6.07 Å². The fourth-order valence-electron chi connectivity index (χ4n) is 1.53. The highest BCUT2D eigenvalue weighted by molar-refractivity contribution is 5.34. The summed E-state index contributed by atoms with van der Waals surface area (Å²) < 4.78 is 0. The number of phenols is 1. The second-order valence-electron chi connectivity index (χ2n) is 4.48. The molecule has 1 aromatic carbocycles. The van der Waals surface area contributed by atoms with E-state index in [0.29, 0.717) is 17.7 Å². The molecule has 84 valence electrons. The minimum absolute atomic E-state index is 0.184. The lowest BCUT2D eigenvalue weighted by atomic mass is 10.0. The fraction of sp³-hybridized carbons (Fsp3) is 0.538. The minimum atomic E-state index is 0.184. The molecule has 0 aliphatic heterocycles. The Kier molecular flexibility index (Phi) is 4.15. The third kappa shape index (κ3) is 3.24. The quantitative estimate of drug-likeness (QED) is 0.795. The highest BCUT2D eigenvalue weighted by Crippen LogP contribution is 2.23. The van der Waals surface area contributed by atoms with Gasteiger partial charge in [0.2, 0.25) is 0 Å². The average Bonchev–Trinajstić information content (AvgIpc) is 2.18. The van der Waals surface area contributed by atoms with Crippen LogP contribution in [0.15, 0.2) is 24.3 Å². The molecule has 0 spiro atoms. The summed E-state index contributed by atoms with van der Waals surface area (Å²) in [5.74, 6) is 0.965. The number of phenolic OH excluding ortho intramolecular Hbond substituents is 1. The van der Waals surface area contributed by atoms with Crippen molar-refractivity contribution in [3.05, 3.63) is 29.8 Å². The molecule has 0 aliphatic rings. The average molecular weight is 207 g/mol. The van der Waals surface area contributed by atoms with E-state index in [9.17, 15) is 5.11 Å². The van der Waals surface area contributed by atoms with Gasteiger partial charge >= 0.3 is 0 Å². The summed E-state index contributed by atoms with van der Waals surface area (Å²) in [4.78, 5) is 0. The zero-order chi connectivity index (χ0) is 11.4. The van der Waals surface area contributed by atoms with Crippen LogP contribution in [0, 0.1) is 5.92 Å². The first-order valence-corrected chi connectivity index (χ1v) is 5.56. The molecule has 2 nitrogen and oxygen atoms in total. The minimum Gasteiger partial charge on any atom is -0.508 e. The highest BCUT2D eigenvalue weighted by atomic mass is 16.3. The second-order valence-corrected chi connectivity index (χ2v) is 4.48. The lowest BCUT2D eigenvalue weighted by molar-refractivity contribution is 0.379. The van der Waals surface area contributed by atoms with Crippen molar-refractivity contribution < 1.29 is 5.11 Å². The van der Waals surface area contributed by atoms with Gasteiger partial charge < -0.3 is 10.4 Å². The maximum absolute atomic E-state index is 9.69. The Morgan fingerprint density at radius 2 is 1.67 bits per heavy atom. The fourth-order valence-corrected chi connectivity index (χ4v) is 1.53. The Labute approximate surface area is 92.3 Å². The maximum Gasteiger partial charge on any atom is 0.120 e. The molecule has 0 aliphatic carbocycles. The van der Waals surface area contributed by atoms with Crippen molar-refractivity contribution in [2.75, 3.05) is 0 Å². The van der Waals surface area contributed by atoms with E-state index in [0.717, 1.165) is 5.56 Å². The molecule has 2 heteroatoms. The van der Waals surface area contributed by atoms with Crippen LogP contribution in [0.2, 0.25) is 0 Å². The SMILES string of the molecule is CC(C)[C@H](C)N[C@H](C)c1ccccc1O. The molecule has 0 bridgehead atoms. The lowest BCUT2D eigenvalue weighted by Gasteiger charge is -2.23. The van der Waals surface area contributed by atoms with Crippen molar-refractivity contribution in [2.24, 2.45) is 5.92 Å². The third-order valence-corrected chi connectivity index (χ3v) is 2.92. The molecule has 2 atom stereocenters. The van der Waals surface area contributed by atoms with Gasteiger partial charge in [0.25, 0.3) is 0 Å². The zero-order valence-corrected chi connectivity index (χ0v) is 9.99. The van der Waals surface area contributed by atoms with Crippen molar-refractivity contribution >= 4 is 0 Å². The molecular formula is C13H21NO. The molecule has 0 radical (unpaired) electrons. The Hall–Kier alpha value is -1.02. The van der Waals surface area contributed by atoms with E-state index in [2.05, 4.69) is 33.0 Å². The van der Waals surface area contributed by atoms with Crippen LogP contribution >= 0.6 is 0 Å². The third-order valence-electron chi connectivity index (χ3n) is 2.92. The number of hydrogen-bond donors (Lipinski definition) is 2. The first-order valence-electron chi connectivity index (χ1n) is 5.56. The number of para-hydroxylation sites is 1. The predicted octanol–water partition coefficient (Wildman–Crippen LogP) is 3.09. The van der Waals surface area contributed by atoms with E-state index in [1.807, 2.05) is 18.2 Å². The summed E-state index contributed by atoms with van der Waals surface area (Å²) in [5, 5.41) is 13.2. The van der Waals surface area contributed by atoms with Crippen molar-refractivity contribution in [3.63, 3.8) is 0 Å². The standard InChI is InChI=1S/C13H21NO/c1-9(2)10(3)14-11(4)12-7-5-6-8-13(12)15/h5-11,14-15H,1-4H3/t10-,11+/m0/s1. The van der Waals surface area contributed by atoms with Crippen LogP contribution in [0.1, 0.15) is 39.3 Å². The van der Waals surface area contributed by atoms with Gasteiger partial charge in [-0.2, -0.15) is 0 Å². The topological polar surface area (TPSA) is 32.3 Å². The molecule has 1 aromatic rings. The number of aromatic hydroxyl groups is 1. The van der Waals surface area contributed by atoms with Gasteiger partial charge in [0.15, 0.2) is 0 Å². The smallest absolute Gasteiger partial charge is 0.120 e. The van der Waals surface area contributed by atoms with E-state index in [4.69, 9.17) is 0 Å². The summed E-state index contributed by atoms with van der Waals surface area (Å²) in [5.41, 5.74) is 0.963. The Morgan fingerprint density at radius 3 is 2.20 bits per heavy atom. The number of hydrogen-bond acceptors (Lipinski definition) is 2. The number of nitrogens with one attached hydrogen (secondary N) is 1. The Morgan fingerprint density at radius 1 is 1.07 bits per heavy atom. The molecular weight excluding hydrogens is 186 g/mol. The van der Waals surface area contributed by atoms with Gasteiger partial charge in [-0.15, -0.1) is 0 Å². The van der Waals surface area contributed by atoms with Gasteiger partial charge in [-0.05, 0) is 25.8 Å². The highest BCUT2D eigenvalue weighted by Gasteiger charge is 2.14. The maximum atomic E-state index is 9.69. The van der Waals surface area contributed by atoms with Crippen LogP contribution in [0.3, 0.4) is 0 Å². The first-order chi connectivity index (χ1) is 7.02. The molecule has 0 amide bonds. The van der Waals surface area contributed by atoms with E-state index in [1.165, 1.54) is 0 Å². The van der Waals surface area contributed by atoms with Gasteiger partial charge in [0.1, 0.15) is 5.75 Å². The summed E-state index contributed by atoms with van der Waals surface area (Å²) in [7, 11) is 0. The van der Waals surface area contributed by atoms with Crippen LogP contribution in [-0.4, -0.2) is 11.1 Å². The largest absolute Gasteiger partial charge is 0.508 e. The molecule has 0 saturated heterocycles. The molecule has 15 heavy (non-hydrogen) atoms. The molecule has 0 fully saturated rings. The summed E-state index contributed by atoms with van der Waals surface area (Å²) in [6.45, 7) is 8.62. The van der Waals surface area contributed by atoms with Crippen LogP contribution < -0.4 is 5.32 Å². The molecule has 1 rings (SSSR count). The Bertz CT molecular complexity index is 309. The molecule has 0 heterocycles. The van der Waals surface area contributed by atoms with E-state index in [-0.39, 0.29) is 6.04 Å². The summed E-state index contributed by atoms with van der Waals surface area (Å²) in [6.07, 6.45) is 0. The van der Waals surface area contributed by atoms with Crippen LogP contribution in [0.25, 0.3) is 0 Å². The Balaban J connectivity index is 2.69. The monoisotopic (exact) mass is 207 g/mol.